The van der Waals surface area contributed by atoms with E-state index in [0.717, 1.165) is 24.3 Å². The highest BCUT2D eigenvalue weighted by Gasteiger charge is 2.32. The number of aromatic nitrogens is 5. The van der Waals surface area contributed by atoms with E-state index < -0.39 is 0 Å². The van der Waals surface area contributed by atoms with Crippen LogP contribution in [-0.2, 0) is 0 Å². The maximum atomic E-state index is 10.4. The second kappa shape index (κ2) is 6.72. The molecule has 2 bridgehead atoms. The number of piperidine rings is 1. The van der Waals surface area contributed by atoms with Crippen molar-refractivity contribution in [1.29, 1.82) is 0 Å². The number of imidazole rings is 1. The van der Waals surface area contributed by atoms with Crippen LogP contribution in [0, 0.1) is 0 Å². The molecule has 3 aromatic rings. The quantitative estimate of drug-likeness (QED) is 0.673. The summed E-state index contributed by atoms with van der Waals surface area (Å²) in [6.45, 7) is 0. The zero-order valence-corrected chi connectivity index (χ0v) is 15.5. The molecule has 2 aromatic heterocycles. The summed E-state index contributed by atoms with van der Waals surface area (Å²) in [6.07, 6.45) is 13.5. The highest BCUT2D eigenvalue weighted by molar-refractivity contribution is 5.66. The molecule has 2 N–H and O–H groups in total. The monoisotopic (exact) mass is 375 g/mol. The fourth-order valence-electron chi connectivity index (χ4n) is 3.97. The molecule has 0 aliphatic carbocycles. The number of phenols is 1. The second-order valence-corrected chi connectivity index (χ2v) is 7.31. The van der Waals surface area contributed by atoms with Crippen molar-refractivity contribution in [3.05, 3.63) is 55.3 Å². The van der Waals surface area contributed by atoms with Crippen LogP contribution in [0.3, 0.4) is 0 Å². The molecule has 1 aromatic carbocycles. The van der Waals surface area contributed by atoms with Crippen molar-refractivity contribution in [3.8, 4) is 22.8 Å². The number of aromatic hydroxyl groups is 1. The number of fused-ring (bicyclic) bond motifs is 2. The van der Waals surface area contributed by atoms with Crippen LogP contribution >= 0.6 is 0 Å². The summed E-state index contributed by atoms with van der Waals surface area (Å²) in [5.41, 5.74) is 1.37. The summed E-state index contributed by atoms with van der Waals surface area (Å²) >= 11 is 0. The molecule has 1 fully saturated rings. The topological polar surface area (TPSA) is 92.0 Å². The Kier molecular flexibility index (Phi) is 4.05. The van der Waals surface area contributed by atoms with Gasteiger partial charge in [-0.3, -0.25) is 0 Å². The number of hydrogen-bond acceptors (Lipinski definition) is 7. The molecule has 1 saturated heterocycles. The average molecular weight is 375 g/mol. The normalized spacial score (nSPS) is 23.1. The fraction of sp³-hybridized carbons (Fsp3) is 0.300. The van der Waals surface area contributed by atoms with E-state index in [1.165, 1.54) is 0 Å². The maximum Gasteiger partial charge on any atom is 0.185 e. The number of nitrogens with zero attached hydrogens (tertiary/aromatic N) is 6. The number of hydrogen-bond donors (Lipinski definition) is 2. The van der Waals surface area contributed by atoms with E-state index in [9.17, 15) is 5.11 Å². The van der Waals surface area contributed by atoms with E-state index in [1.54, 1.807) is 30.9 Å². The fourth-order valence-corrected chi connectivity index (χ4v) is 3.97. The van der Waals surface area contributed by atoms with Crippen molar-refractivity contribution >= 4 is 5.82 Å². The molecule has 0 saturated carbocycles. The molecule has 4 heterocycles. The summed E-state index contributed by atoms with van der Waals surface area (Å²) < 4.78 is 1.82. The molecule has 142 valence electrons. The summed E-state index contributed by atoms with van der Waals surface area (Å²) in [5.74, 6) is 1.25. The first-order valence-electron chi connectivity index (χ1n) is 9.36. The van der Waals surface area contributed by atoms with Crippen molar-refractivity contribution in [2.24, 2.45) is 0 Å². The Balaban J connectivity index is 1.35. The smallest absolute Gasteiger partial charge is 0.185 e. The molecule has 2 aliphatic rings. The lowest BCUT2D eigenvalue weighted by Crippen LogP contribution is -2.48. The van der Waals surface area contributed by atoms with Crippen LogP contribution in [0.25, 0.3) is 17.1 Å². The van der Waals surface area contributed by atoms with Gasteiger partial charge >= 0.3 is 0 Å². The number of nitrogens with one attached hydrogen (secondary N) is 1. The number of rotatable bonds is 4. The molecule has 8 nitrogen and oxygen atoms in total. The van der Waals surface area contributed by atoms with Crippen LogP contribution < -0.4 is 10.2 Å². The first-order valence-corrected chi connectivity index (χ1v) is 9.36. The number of benzene rings is 1. The first kappa shape index (κ1) is 16.9. The van der Waals surface area contributed by atoms with Crippen molar-refractivity contribution < 1.29 is 5.11 Å². The van der Waals surface area contributed by atoms with Crippen molar-refractivity contribution in [2.75, 3.05) is 11.9 Å². The molecule has 0 amide bonds. The van der Waals surface area contributed by atoms with Crippen molar-refractivity contribution in [2.45, 2.75) is 31.0 Å². The van der Waals surface area contributed by atoms with Gasteiger partial charge in [0.1, 0.15) is 5.75 Å². The van der Waals surface area contributed by atoms with Gasteiger partial charge in [0, 0.05) is 43.6 Å². The maximum absolute atomic E-state index is 10.4. The second-order valence-electron chi connectivity index (χ2n) is 7.31. The minimum atomic E-state index is 0.107. The van der Waals surface area contributed by atoms with Crippen LogP contribution in [0.15, 0.2) is 55.3 Å². The van der Waals surface area contributed by atoms with Crippen LogP contribution in [0.2, 0.25) is 0 Å². The van der Waals surface area contributed by atoms with Gasteiger partial charge in [-0.1, -0.05) is 12.2 Å². The summed E-state index contributed by atoms with van der Waals surface area (Å²) in [6, 6.07) is 6.63. The van der Waals surface area contributed by atoms with Gasteiger partial charge in [0.2, 0.25) is 0 Å². The minimum absolute atomic E-state index is 0.107. The molecule has 2 aliphatic heterocycles. The lowest BCUT2D eigenvalue weighted by Gasteiger charge is -2.35. The summed E-state index contributed by atoms with van der Waals surface area (Å²) in [5, 5.41) is 22.6. The summed E-state index contributed by atoms with van der Waals surface area (Å²) in [7, 11) is 2.04. The molecule has 8 heteroatoms. The molecular weight excluding hydrogens is 354 g/mol. The Morgan fingerprint density at radius 2 is 2.00 bits per heavy atom. The minimum Gasteiger partial charge on any atom is -0.507 e. The average Bonchev–Trinajstić information content (AvgIpc) is 3.37. The predicted molar refractivity (Wildman–Crippen MR) is 105 cm³/mol. The van der Waals surface area contributed by atoms with Gasteiger partial charge in [0.15, 0.2) is 11.6 Å². The van der Waals surface area contributed by atoms with E-state index in [-0.39, 0.29) is 5.75 Å². The lowest BCUT2D eigenvalue weighted by molar-refractivity contribution is 0.370. The third-order valence-electron chi connectivity index (χ3n) is 5.54. The third-order valence-corrected chi connectivity index (χ3v) is 5.54. The van der Waals surface area contributed by atoms with E-state index >= 15 is 0 Å². The van der Waals surface area contributed by atoms with Gasteiger partial charge < -0.3 is 19.9 Å². The van der Waals surface area contributed by atoms with Crippen LogP contribution in [-0.4, -0.2) is 55.0 Å². The van der Waals surface area contributed by atoms with E-state index in [0.29, 0.717) is 29.5 Å². The predicted octanol–water partition coefficient (Wildman–Crippen LogP) is 1.93. The van der Waals surface area contributed by atoms with Gasteiger partial charge in [-0.15, -0.1) is 10.2 Å². The van der Waals surface area contributed by atoms with Crippen LogP contribution in [0.5, 0.6) is 5.75 Å². The van der Waals surface area contributed by atoms with Gasteiger partial charge in [-0.05, 0) is 25.0 Å². The van der Waals surface area contributed by atoms with E-state index in [2.05, 4.69) is 42.5 Å². The Labute approximate surface area is 162 Å². The third kappa shape index (κ3) is 3.01. The molecular formula is C20H21N7O. The van der Waals surface area contributed by atoms with Crippen LogP contribution in [0.4, 0.5) is 5.82 Å². The first-order chi connectivity index (χ1) is 13.7. The van der Waals surface area contributed by atoms with E-state index in [4.69, 9.17) is 0 Å². The molecule has 28 heavy (non-hydrogen) atoms. The van der Waals surface area contributed by atoms with Gasteiger partial charge in [-0.25, -0.2) is 9.97 Å². The Bertz CT molecular complexity index is 986. The number of anilines is 1. The van der Waals surface area contributed by atoms with Crippen molar-refractivity contribution in [1.82, 2.24) is 30.0 Å². The number of phenolic OH excluding ortho intramolecular Hbond substituents is 1. The molecule has 0 spiro atoms. The van der Waals surface area contributed by atoms with Crippen molar-refractivity contribution in [3.63, 3.8) is 0 Å². The zero-order chi connectivity index (χ0) is 19.1. The van der Waals surface area contributed by atoms with Crippen LogP contribution in [0.1, 0.15) is 12.8 Å². The highest BCUT2D eigenvalue weighted by Crippen LogP contribution is 2.30. The molecule has 0 radical (unpaired) electrons. The molecule has 2 unspecified atom stereocenters. The SMILES string of the molecule is CN(c1cnc(-c2ccc(-n3ccnc3)cc2O)nn1)C1CC2C=CC(C1)N2. The summed E-state index contributed by atoms with van der Waals surface area (Å²) in [4.78, 5) is 10.6. The van der Waals surface area contributed by atoms with Gasteiger partial charge in [0.05, 0.1) is 23.8 Å². The Morgan fingerprint density at radius 3 is 2.64 bits per heavy atom. The standard InChI is InChI=1S/C20H21N7O/c1-26(16-8-13-2-3-14(9-16)23-13)19-11-22-20(25-24-19)17-5-4-15(10-18(17)28)27-7-6-21-12-27/h2-7,10-14,16,23,28H,8-9H2,1H3. The van der Waals surface area contributed by atoms with E-state index in [1.807, 2.05) is 23.9 Å². The Hall–Kier alpha value is -3.26. The largest absolute Gasteiger partial charge is 0.507 e. The highest BCUT2D eigenvalue weighted by atomic mass is 16.3. The lowest BCUT2D eigenvalue weighted by atomic mass is 9.98. The van der Waals surface area contributed by atoms with Gasteiger partial charge in [-0.2, -0.15) is 0 Å². The molecule has 2 atom stereocenters. The molecule has 5 rings (SSSR count). The zero-order valence-electron chi connectivity index (χ0n) is 15.5. The van der Waals surface area contributed by atoms with Gasteiger partial charge in [0.25, 0.3) is 0 Å². The Morgan fingerprint density at radius 1 is 1.18 bits per heavy atom.